The number of nitrogen functional groups attached to an aromatic ring is 1. The summed E-state index contributed by atoms with van der Waals surface area (Å²) in [5.74, 6) is -1.75. The number of aliphatic carboxylic acids is 1. The molecule has 0 aliphatic heterocycles. The van der Waals surface area contributed by atoms with Crippen LogP contribution in [-0.2, 0) is 4.79 Å². The molecule has 0 saturated carbocycles. The predicted molar refractivity (Wildman–Crippen MR) is 118 cm³/mol. The molecule has 0 aliphatic rings. The SMILES string of the molecule is N=Cc1ccc(Nc2nccc(NCC(O)c3ccccc3)n2)cc1N.O=C(O)C(F)(F)F. The lowest BCUT2D eigenvalue weighted by molar-refractivity contribution is -0.192. The van der Waals surface area contributed by atoms with Crippen LogP contribution in [0.25, 0.3) is 0 Å². The van der Waals surface area contributed by atoms with Crippen LogP contribution in [0, 0.1) is 5.41 Å². The van der Waals surface area contributed by atoms with Crippen molar-refractivity contribution in [3.05, 3.63) is 71.9 Å². The molecule has 1 heterocycles. The van der Waals surface area contributed by atoms with Gasteiger partial charge < -0.3 is 32.0 Å². The van der Waals surface area contributed by atoms with Crippen molar-refractivity contribution in [3.8, 4) is 0 Å². The number of aromatic nitrogens is 2. The highest BCUT2D eigenvalue weighted by Gasteiger charge is 2.38. The molecule has 0 saturated heterocycles. The van der Waals surface area contributed by atoms with Crippen LogP contribution in [0.5, 0.6) is 0 Å². The Hall–Kier alpha value is -4.19. The van der Waals surface area contributed by atoms with E-state index in [1.165, 1.54) is 6.21 Å². The second-order valence-electron chi connectivity index (χ2n) is 6.49. The molecule has 12 heteroatoms. The monoisotopic (exact) mass is 462 g/mol. The molecule has 174 valence electrons. The van der Waals surface area contributed by atoms with Crippen molar-refractivity contribution in [1.82, 2.24) is 9.97 Å². The van der Waals surface area contributed by atoms with Gasteiger partial charge in [0.05, 0.1) is 6.10 Å². The van der Waals surface area contributed by atoms with Crippen molar-refractivity contribution in [2.24, 2.45) is 0 Å². The molecule has 3 aromatic rings. The van der Waals surface area contributed by atoms with Gasteiger partial charge in [0.25, 0.3) is 0 Å². The Morgan fingerprint density at radius 1 is 1.18 bits per heavy atom. The molecule has 3 rings (SSSR count). The first-order chi connectivity index (χ1) is 15.6. The molecule has 1 unspecified atom stereocenters. The van der Waals surface area contributed by atoms with E-state index < -0.39 is 18.2 Å². The Kier molecular flexibility index (Phi) is 8.69. The highest BCUT2D eigenvalue weighted by Crippen LogP contribution is 2.20. The summed E-state index contributed by atoms with van der Waals surface area (Å²) in [5, 5.41) is 30.8. The van der Waals surface area contributed by atoms with Gasteiger partial charge in [0.15, 0.2) is 0 Å². The number of anilines is 4. The third-order valence-corrected chi connectivity index (χ3v) is 4.06. The van der Waals surface area contributed by atoms with E-state index in [2.05, 4.69) is 20.6 Å². The molecular weight excluding hydrogens is 441 g/mol. The van der Waals surface area contributed by atoms with E-state index >= 15 is 0 Å². The first-order valence-electron chi connectivity index (χ1n) is 9.37. The highest BCUT2D eigenvalue weighted by atomic mass is 19.4. The Morgan fingerprint density at radius 2 is 1.85 bits per heavy atom. The van der Waals surface area contributed by atoms with Gasteiger partial charge in [-0.3, -0.25) is 0 Å². The molecule has 0 amide bonds. The van der Waals surface area contributed by atoms with E-state index in [0.29, 0.717) is 29.6 Å². The third-order valence-electron chi connectivity index (χ3n) is 4.06. The molecule has 0 bridgehead atoms. The number of carboxylic acids is 1. The summed E-state index contributed by atoms with van der Waals surface area (Å²) in [6.45, 7) is 0.335. The Balaban J connectivity index is 0.000000479. The molecule has 9 nitrogen and oxygen atoms in total. The maximum atomic E-state index is 10.6. The number of aliphatic hydroxyl groups excluding tert-OH is 1. The number of hydrogen-bond donors (Lipinski definition) is 6. The van der Waals surface area contributed by atoms with E-state index in [9.17, 15) is 18.3 Å². The zero-order valence-electron chi connectivity index (χ0n) is 17.0. The van der Waals surface area contributed by atoms with Gasteiger partial charge >= 0.3 is 12.1 Å². The lowest BCUT2D eigenvalue weighted by Crippen LogP contribution is -2.21. The second kappa shape index (κ2) is 11.4. The molecular formula is C21H21F3N6O3. The molecule has 2 aromatic carbocycles. The van der Waals surface area contributed by atoms with Gasteiger partial charge in [0, 0.05) is 35.9 Å². The maximum absolute atomic E-state index is 10.6. The van der Waals surface area contributed by atoms with Crippen LogP contribution in [0.15, 0.2) is 60.8 Å². The van der Waals surface area contributed by atoms with E-state index in [1.807, 2.05) is 30.3 Å². The van der Waals surface area contributed by atoms with Gasteiger partial charge in [0.2, 0.25) is 5.95 Å². The van der Waals surface area contributed by atoms with Crippen molar-refractivity contribution < 1.29 is 28.2 Å². The predicted octanol–water partition coefficient (Wildman–Crippen LogP) is 3.58. The molecule has 33 heavy (non-hydrogen) atoms. The molecule has 0 spiro atoms. The van der Waals surface area contributed by atoms with Crippen molar-refractivity contribution >= 4 is 35.3 Å². The average molecular weight is 462 g/mol. The van der Waals surface area contributed by atoms with E-state index in [-0.39, 0.29) is 0 Å². The Bertz CT molecular complexity index is 1080. The Morgan fingerprint density at radius 3 is 2.42 bits per heavy atom. The van der Waals surface area contributed by atoms with Gasteiger partial charge in [-0.2, -0.15) is 18.2 Å². The summed E-state index contributed by atoms with van der Waals surface area (Å²) in [5.41, 5.74) is 8.61. The van der Waals surface area contributed by atoms with Gasteiger partial charge in [-0.1, -0.05) is 30.3 Å². The number of nitrogens with zero attached hydrogens (tertiary/aromatic N) is 2. The normalized spacial score (nSPS) is 11.5. The number of carboxylic acid groups (broad SMARTS) is 1. The number of nitrogens with one attached hydrogen (secondary N) is 3. The minimum Gasteiger partial charge on any atom is -0.475 e. The van der Waals surface area contributed by atoms with Crippen LogP contribution < -0.4 is 16.4 Å². The number of nitrogens with two attached hydrogens (primary N) is 1. The number of aliphatic hydroxyl groups is 1. The van der Waals surface area contributed by atoms with Gasteiger partial charge in [-0.25, -0.2) is 9.78 Å². The van der Waals surface area contributed by atoms with Gasteiger partial charge in [-0.15, -0.1) is 0 Å². The standard InChI is InChI=1S/C19H20N6O.C2HF3O2/c20-11-14-6-7-15(10-16(14)21)24-19-22-9-8-18(25-19)23-12-17(26)13-4-2-1-3-5-13;3-2(4,5)1(6)7/h1-11,17,20,26H,12,21H2,(H2,22,23,24,25);(H,6,7). The topological polar surface area (TPSA) is 157 Å². The summed E-state index contributed by atoms with van der Waals surface area (Å²) < 4.78 is 31.7. The number of halogens is 3. The van der Waals surface area contributed by atoms with Crippen LogP contribution in [-0.4, -0.2) is 45.1 Å². The summed E-state index contributed by atoms with van der Waals surface area (Å²) in [6, 6.07) is 16.5. The van der Waals surface area contributed by atoms with Gasteiger partial charge in [0.1, 0.15) is 5.82 Å². The first kappa shape index (κ1) is 25.1. The first-order valence-corrected chi connectivity index (χ1v) is 9.37. The van der Waals surface area contributed by atoms with Crippen LogP contribution in [0.1, 0.15) is 17.2 Å². The van der Waals surface area contributed by atoms with Crippen LogP contribution in [0.3, 0.4) is 0 Å². The van der Waals surface area contributed by atoms with Crippen molar-refractivity contribution in [2.45, 2.75) is 12.3 Å². The molecule has 1 atom stereocenters. The van der Waals surface area contributed by atoms with Crippen LogP contribution in [0.4, 0.5) is 36.3 Å². The lowest BCUT2D eigenvalue weighted by atomic mass is 10.1. The number of carbonyl (C=O) groups is 1. The summed E-state index contributed by atoms with van der Waals surface area (Å²) >= 11 is 0. The van der Waals surface area contributed by atoms with Crippen molar-refractivity contribution in [3.63, 3.8) is 0 Å². The minimum absolute atomic E-state index is 0.335. The zero-order chi connectivity index (χ0) is 24.4. The fraction of sp³-hybridized carbons (Fsp3) is 0.143. The number of rotatable bonds is 7. The highest BCUT2D eigenvalue weighted by molar-refractivity contribution is 5.86. The number of benzene rings is 2. The van der Waals surface area contributed by atoms with Crippen molar-refractivity contribution in [1.29, 1.82) is 5.41 Å². The number of hydrogen-bond acceptors (Lipinski definition) is 8. The molecule has 1 aromatic heterocycles. The third kappa shape index (κ3) is 8.10. The largest absolute Gasteiger partial charge is 0.490 e. The Labute approximate surface area is 186 Å². The van der Waals surface area contributed by atoms with E-state index in [4.69, 9.17) is 21.0 Å². The van der Waals surface area contributed by atoms with Gasteiger partial charge in [-0.05, 0) is 29.8 Å². The van der Waals surface area contributed by atoms with E-state index in [1.54, 1.807) is 30.5 Å². The fourth-order valence-corrected chi connectivity index (χ4v) is 2.42. The minimum atomic E-state index is -5.08. The summed E-state index contributed by atoms with van der Waals surface area (Å²) in [4.78, 5) is 17.5. The molecule has 7 N–H and O–H groups in total. The lowest BCUT2D eigenvalue weighted by Gasteiger charge is -2.13. The maximum Gasteiger partial charge on any atom is 0.490 e. The smallest absolute Gasteiger partial charge is 0.475 e. The summed E-state index contributed by atoms with van der Waals surface area (Å²) in [7, 11) is 0. The fourth-order valence-electron chi connectivity index (χ4n) is 2.42. The zero-order valence-corrected chi connectivity index (χ0v) is 17.0. The van der Waals surface area contributed by atoms with Crippen LogP contribution in [0.2, 0.25) is 0 Å². The summed E-state index contributed by atoms with van der Waals surface area (Å²) in [6.07, 6.45) is -2.88. The molecule has 0 radical (unpaired) electrons. The van der Waals surface area contributed by atoms with Crippen LogP contribution >= 0.6 is 0 Å². The molecule has 0 aliphatic carbocycles. The average Bonchev–Trinajstić information content (AvgIpc) is 2.78. The number of alkyl halides is 3. The van der Waals surface area contributed by atoms with Crippen molar-refractivity contribution in [2.75, 3.05) is 22.9 Å². The van der Waals surface area contributed by atoms with E-state index in [0.717, 1.165) is 11.3 Å². The second-order valence-corrected chi connectivity index (χ2v) is 6.49. The quantitative estimate of drug-likeness (QED) is 0.230. The molecule has 0 fully saturated rings.